The number of benzene rings is 1. The Hall–Kier alpha value is -0.960. The van der Waals surface area contributed by atoms with E-state index >= 15 is 0 Å². The number of esters is 1. The zero-order chi connectivity index (χ0) is 14.8. The molecule has 0 heterocycles. The van der Waals surface area contributed by atoms with Gasteiger partial charge in [0.15, 0.2) is 4.90 Å². The predicted molar refractivity (Wildman–Crippen MR) is 87.5 cm³/mol. The lowest BCUT2D eigenvalue weighted by molar-refractivity contribution is -0.134. The zero-order valence-corrected chi connectivity index (χ0v) is 13.8. The Bertz CT molecular complexity index is 384. The molecule has 0 atom stereocenters. The predicted octanol–water partition coefficient (Wildman–Crippen LogP) is 4.58. The first-order chi connectivity index (χ1) is 9.63. The van der Waals surface area contributed by atoms with Gasteiger partial charge in [-0.3, -0.25) is 4.79 Å². The first-order valence-electron chi connectivity index (χ1n) is 7.52. The Morgan fingerprint density at radius 3 is 2.20 bits per heavy atom. The van der Waals surface area contributed by atoms with Crippen LogP contribution in [0, 0.1) is 0 Å². The van der Waals surface area contributed by atoms with Crippen LogP contribution in [0.5, 0.6) is 5.75 Å². The van der Waals surface area contributed by atoms with Crippen LogP contribution in [0.2, 0.25) is 0 Å². The summed E-state index contributed by atoms with van der Waals surface area (Å²) in [7, 11) is 0.250. The van der Waals surface area contributed by atoms with Crippen molar-refractivity contribution in [3.05, 3.63) is 24.3 Å². The molecule has 0 bridgehead atoms. The average Bonchev–Trinajstić information content (AvgIpc) is 2.43. The number of unbranched alkanes of at least 4 members (excludes halogenated alkanes) is 5. The van der Waals surface area contributed by atoms with Crippen LogP contribution in [0.4, 0.5) is 0 Å². The van der Waals surface area contributed by atoms with E-state index in [9.17, 15) is 4.79 Å². The van der Waals surface area contributed by atoms with E-state index in [1.54, 1.807) is 0 Å². The van der Waals surface area contributed by atoms with E-state index in [0.29, 0.717) is 12.2 Å². The number of carbonyl (C=O) groups is 1. The van der Waals surface area contributed by atoms with Gasteiger partial charge in [0.25, 0.3) is 0 Å². The Kier molecular flexibility index (Phi) is 8.43. The molecule has 2 nitrogen and oxygen atoms in total. The zero-order valence-electron chi connectivity index (χ0n) is 13.0. The molecule has 0 saturated heterocycles. The fourth-order valence-electron chi connectivity index (χ4n) is 2.01. The largest absolute Gasteiger partial charge is 0.427 e. The van der Waals surface area contributed by atoms with Crippen molar-refractivity contribution in [1.29, 1.82) is 0 Å². The molecule has 0 aliphatic carbocycles. The van der Waals surface area contributed by atoms with Crippen LogP contribution in [0.25, 0.3) is 0 Å². The van der Waals surface area contributed by atoms with Crippen LogP contribution < -0.4 is 4.74 Å². The van der Waals surface area contributed by atoms with E-state index < -0.39 is 0 Å². The van der Waals surface area contributed by atoms with Crippen molar-refractivity contribution < 1.29 is 9.53 Å². The Labute approximate surface area is 126 Å². The topological polar surface area (TPSA) is 26.3 Å². The number of ether oxygens (including phenoxy) is 1. The quantitative estimate of drug-likeness (QED) is 0.288. The van der Waals surface area contributed by atoms with Crippen molar-refractivity contribution in [3.63, 3.8) is 0 Å². The van der Waals surface area contributed by atoms with Gasteiger partial charge < -0.3 is 4.74 Å². The second kappa shape index (κ2) is 9.87. The van der Waals surface area contributed by atoms with E-state index in [1.165, 1.54) is 30.6 Å². The van der Waals surface area contributed by atoms with Crippen molar-refractivity contribution in [1.82, 2.24) is 0 Å². The third kappa shape index (κ3) is 6.99. The van der Waals surface area contributed by atoms with E-state index in [2.05, 4.69) is 19.4 Å². The highest BCUT2D eigenvalue weighted by Crippen LogP contribution is 2.17. The van der Waals surface area contributed by atoms with Gasteiger partial charge in [-0.05, 0) is 30.7 Å². The molecule has 0 radical (unpaired) electrons. The summed E-state index contributed by atoms with van der Waals surface area (Å²) in [5.41, 5.74) is 0. The molecule has 0 aliphatic heterocycles. The average molecular weight is 295 g/mol. The first kappa shape index (κ1) is 17.1. The highest BCUT2D eigenvalue weighted by molar-refractivity contribution is 7.95. The van der Waals surface area contributed by atoms with Crippen molar-refractivity contribution >= 4 is 16.9 Å². The van der Waals surface area contributed by atoms with Gasteiger partial charge in [-0.1, -0.05) is 39.0 Å². The maximum atomic E-state index is 11.7. The van der Waals surface area contributed by atoms with Crippen LogP contribution in [0.1, 0.15) is 51.9 Å². The molecule has 1 aromatic carbocycles. The van der Waals surface area contributed by atoms with Crippen molar-refractivity contribution in [2.75, 3.05) is 12.5 Å². The van der Waals surface area contributed by atoms with Crippen molar-refractivity contribution in [3.8, 4) is 5.75 Å². The van der Waals surface area contributed by atoms with Crippen LogP contribution in [-0.4, -0.2) is 18.5 Å². The standard InChI is InChI=1S/C17H27O2S/c1-4-5-6-7-8-9-10-17(18)19-15-11-13-16(14-12-15)20(2)3/h11-14H,4-10H2,1-3H3/q+1. The second-order valence-corrected chi connectivity index (χ2v) is 7.38. The fraction of sp³-hybridized carbons (Fsp3) is 0.588. The minimum absolute atomic E-state index is 0.111. The Balaban J connectivity index is 2.21. The van der Waals surface area contributed by atoms with Gasteiger partial charge in [0.1, 0.15) is 18.3 Å². The molecule has 0 aromatic heterocycles. The van der Waals surface area contributed by atoms with Gasteiger partial charge in [-0.25, -0.2) is 0 Å². The normalized spacial score (nSPS) is 10.8. The summed E-state index contributed by atoms with van der Waals surface area (Å²) >= 11 is 0. The molecule has 0 spiro atoms. The highest BCUT2D eigenvalue weighted by atomic mass is 32.2. The van der Waals surface area contributed by atoms with Crippen molar-refractivity contribution in [2.24, 2.45) is 0 Å². The van der Waals surface area contributed by atoms with Gasteiger partial charge >= 0.3 is 5.97 Å². The lowest BCUT2D eigenvalue weighted by atomic mass is 10.1. The third-order valence-electron chi connectivity index (χ3n) is 3.26. The third-order valence-corrected chi connectivity index (χ3v) is 4.48. The molecule has 0 saturated carbocycles. The summed E-state index contributed by atoms with van der Waals surface area (Å²) in [6.07, 6.45) is 12.0. The lowest BCUT2D eigenvalue weighted by Crippen LogP contribution is -2.07. The Morgan fingerprint density at radius 2 is 1.60 bits per heavy atom. The number of hydrogen-bond donors (Lipinski definition) is 0. The molecule has 20 heavy (non-hydrogen) atoms. The van der Waals surface area contributed by atoms with Gasteiger partial charge in [-0.15, -0.1) is 0 Å². The molecule has 3 heteroatoms. The van der Waals surface area contributed by atoms with E-state index in [4.69, 9.17) is 4.74 Å². The minimum atomic E-state index is -0.111. The molecule has 1 rings (SSSR count). The smallest absolute Gasteiger partial charge is 0.311 e. The molecular formula is C17H27O2S+. The summed E-state index contributed by atoms with van der Waals surface area (Å²) in [5.74, 6) is 0.551. The maximum absolute atomic E-state index is 11.7. The summed E-state index contributed by atoms with van der Waals surface area (Å²) in [6, 6.07) is 7.86. The molecule has 112 valence electrons. The summed E-state index contributed by atoms with van der Waals surface area (Å²) in [4.78, 5) is 13.0. The monoisotopic (exact) mass is 295 g/mol. The van der Waals surface area contributed by atoms with E-state index in [1.807, 2.05) is 24.3 Å². The molecule has 0 unspecified atom stereocenters. The van der Waals surface area contributed by atoms with Gasteiger partial charge in [-0.2, -0.15) is 0 Å². The van der Waals surface area contributed by atoms with Gasteiger partial charge in [0, 0.05) is 17.3 Å². The molecule has 1 aromatic rings. The minimum Gasteiger partial charge on any atom is -0.427 e. The molecule has 0 amide bonds. The SMILES string of the molecule is CCCCCCCCC(=O)Oc1ccc([S+](C)C)cc1. The maximum Gasteiger partial charge on any atom is 0.311 e. The highest BCUT2D eigenvalue weighted by Gasteiger charge is 2.09. The lowest BCUT2D eigenvalue weighted by Gasteiger charge is -2.05. The molecule has 0 aliphatic rings. The van der Waals surface area contributed by atoms with Gasteiger partial charge in [0.2, 0.25) is 0 Å². The number of carbonyl (C=O) groups excluding carboxylic acids is 1. The summed E-state index contributed by atoms with van der Waals surface area (Å²) in [6.45, 7) is 2.21. The number of rotatable bonds is 9. The van der Waals surface area contributed by atoms with Crippen LogP contribution in [0.3, 0.4) is 0 Å². The molecular weight excluding hydrogens is 268 g/mol. The molecule has 0 fully saturated rings. The second-order valence-electron chi connectivity index (χ2n) is 5.28. The fourth-order valence-corrected chi connectivity index (χ4v) is 2.69. The van der Waals surface area contributed by atoms with Crippen LogP contribution >= 0.6 is 0 Å². The Morgan fingerprint density at radius 1 is 1.00 bits per heavy atom. The van der Waals surface area contributed by atoms with Crippen LogP contribution in [0.15, 0.2) is 29.2 Å². The summed E-state index contributed by atoms with van der Waals surface area (Å²) in [5, 5.41) is 0. The number of hydrogen-bond acceptors (Lipinski definition) is 2. The van der Waals surface area contributed by atoms with E-state index in [-0.39, 0.29) is 16.9 Å². The van der Waals surface area contributed by atoms with E-state index in [0.717, 1.165) is 12.8 Å². The van der Waals surface area contributed by atoms with Gasteiger partial charge in [0.05, 0.1) is 0 Å². The summed E-state index contributed by atoms with van der Waals surface area (Å²) < 4.78 is 5.34. The first-order valence-corrected chi connectivity index (χ1v) is 9.56. The van der Waals surface area contributed by atoms with Crippen molar-refractivity contribution in [2.45, 2.75) is 56.8 Å². The molecule has 0 N–H and O–H groups in total. The van der Waals surface area contributed by atoms with Crippen LogP contribution in [-0.2, 0) is 15.7 Å².